The second-order valence-corrected chi connectivity index (χ2v) is 5.33. The molecule has 0 aliphatic rings. The minimum atomic E-state index is -0.456. The number of carbonyl (C=O) groups excluding carboxylic acids is 1. The summed E-state index contributed by atoms with van der Waals surface area (Å²) >= 11 is 0. The maximum Gasteiger partial charge on any atom is 0.273 e. The molecular weight excluding hydrogens is 268 g/mol. The van der Waals surface area contributed by atoms with Gasteiger partial charge in [0, 0.05) is 23.7 Å². The molecule has 1 atom stereocenters. The summed E-state index contributed by atoms with van der Waals surface area (Å²) in [5.41, 5.74) is 0.789. The fraction of sp³-hybridized carbons (Fsp3) is 0.562. The molecule has 116 valence electrons. The van der Waals surface area contributed by atoms with Crippen LogP contribution >= 0.6 is 0 Å². The SMILES string of the molecule is CCCC[C@@H](CC)CNC(=O)c1cccc([N+](=O)[O-])c1C. The van der Waals surface area contributed by atoms with Crippen LogP contribution in [0.4, 0.5) is 5.69 Å². The van der Waals surface area contributed by atoms with Crippen molar-refractivity contribution in [2.24, 2.45) is 5.92 Å². The van der Waals surface area contributed by atoms with Gasteiger partial charge in [0.15, 0.2) is 0 Å². The molecule has 5 heteroatoms. The van der Waals surface area contributed by atoms with Crippen LogP contribution in [0.5, 0.6) is 0 Å². The van der Waals surface area contributed by atoms with E-state index in [1.54, 1.807) is 19.1 Å². The monoisotopic (exact) mass is 292 g/mol. The van der Waals surface area contributed by atoms with Gasteiger partial charge in [0.25, 0.3) is 11.6 Å². The number of carbonyl (C=O) groups is 1. The Morgan fingerprint density at radius 2 is 2.10 bits per heavy atom. The van der Waals surface area contributed by atoms with Gasteiger partial charge in [-0.3, -0.25) is 14.9 Å². The highest BCUT2D eigenvalue weighted by Crippen LogP contribution is 2.21. The van der Waals surface area contributed by atoms with Gasteiger partial charge in [0.2, 0.25) is 0 Å². The standard InChI is InChI=1S/C16H24N2O3/c1-4-6-8-13(5-2)11-17-16(19)14-9-7-10-15(12(14)3)18(20)21/h7,9-10,13H,4-6,8,11H2,1-3H3,(H,17,19)/t13-/m1/s1. The zero-order valence-corrected chi connectivity index (χ0v) is 13.0. The van der Waals surface area contributed by atoms with Crippen molar-refractivity contribution in [2.45, 2.75) is 46.5 Å². The zero-order chi connectivity index (χ0) is 15.8. The summed E-state index contributed by atoms with van der Waals surface area (Å²) in [5, 5.41) is 13.8. The van der Waals surface area contributed by atoms with Crippen LogP contribution in [-0.2, 0) is 0 Å². The molecule has 0 aliphatic carbocycles. The summed E-state index contributed by atoms with van der Waals surface area (Å²) in [6.45, 7) is 6.50. The Kier molecular flexibility index (Phi) is 6.85. The van der Waals surface area contributed by atoms with Crippen molar-refractivity contribution < 1.29 is 9.72 Å². The smallest absolute Gasteiger partial charge is 0.273 e. The van der Waals surface area contributed by atoms with E-state index in [9.17, 15) is 14.9 Å². The highest BCUT2D eigenvalue weighted by Gasteiger charge is 2.18. The lowest BCUT2D eigenvalue weighted by molar-refractivity contribution is -0.385. The molecule has 1 amide bonds. The highest BCUT2D eigenvalue weighted by atomic mass is 16.6. The Morgan fingerprint density at radius 1 is 1.38 bits per heavy atom. The first-order chi connectivity index (χ1) is 10.0. The van der Waals surface area contributed by atoms with Gasteiger partial charge in [0.1, 0.15) is 0 Å². The van der Waals surface area contributed by atoms with Gasteiger partial charge in [0.05, 0.1) is 4.92 Å². The van der Waals surface area contributed by atoms with Crippen molar-refractivity contribution in [3.63, 3.8) is 0 Å². The molecule has 1 rings (SSSR count). The molecule has 0 heterocycles. The minimum absolute atomic E-state index is 0.0133. The van der Waals surface area contributed by atoms with Gasteiger partial charge in [-0.25, -0.2) is 0 Å². The molecule has 1 aromatic rings. The van der Waals surface area contributed by atoms with Crippen LogP contribution < -0.4 is 5.32 Å². The third-order valence-corrected chi connectivity index (χ3v) is 3.84. The summed E-state index contributed by atoms with van der Waals surface area (Å²) in [7, 11) is 0. The van der Waals surface area contributed by atoms with E-state index < -0.39 is 4.92 Å². The van der Waals surface area contributed by atoms with Gasteiger partial charge in [-0.1, -0.05) is 39.2 Å². The second-order valence-electron chi connectivity index (χ2n) is 5.33. The zero-order valence-electron chi connectivity index (χ0n) is 13.0. The summed E-state index contributed by atoms with van der Waals surface area (Å²) in [6.07, 6.45) is 4.42. The largest absolute Gasteiger partial charge is 0.352 e. The molecule has 5 nitrogen and oxygen atoms in total. The third-order valence-electron chi connectivity index (χ3n) is 3.84. The number of benzene rings is 1. The van der Waals surface area contributed by atoms with Crippen molar-refractivity contribution in [3.8, 4) is 0 Å². The maximum atomic E-state index is 12.2. The summed E-state index contributed by atoms with van der Waals surface area (Å²) in [5.74, 6) is 0.235. The molecule has 21 heavy (non-hydrogen) atoms. The average molecular weight is 292 g/mol. The number of nitro benzene ring substituents is 1. The van der Waals surface area contributed by atoms with Crippen LogP contribution in [0.1, 0.15) is 55.5 Å². The Hall–Kier alpha value is -1.91. The number of rotatable bonds is 8. The molecule has 1 aromatic carbocycles. The van der Waals surface area contributed by atoms with E-state index >= 15 is 0 Å². The molecule has 0 bridgehead atoms. The number of unbranched alkanes of at least 4 members (excludes halogenated alkanes) is 1. The van der Waals surface area contributed by atoms with E-state index in [-0.39, 0.29) is 11.6 Å². The van der Waals surface area contributed by atoms with E-state index in [1.165, 1.54) is 6.07 Å². The minimum Gasteiger partial charge on any atom is -0.352 e. The predicted octanol–water partition coefficient (Wildman–Crippen LogP) is 3.85. The number of nitro groups is 1. The average Bonchev–Trinajstić information content (AvgIpc) is 2.47. The lowest BCUT2D eigenvalue weighted by atomic mass is 9.99. The van der Waals surface area contributed by atoms with Crippen molar-refractivity contribution in [1.82, 2.24) is 5.32 Å². The van der Waals surface area contributed by atoms with E-state index in [0.717, 1.165) is 25.7 Å². The number of hydrogen-bond acceptors (Lipinski definition) is 3. The summed E-state index contributed by atoms with van der Waals surface area (Å²) < 4.78 is 0. The molecule has 0 spiro atoms. The Morgan fingerprint density at radius 3 is 2.67 bits per heavy atom. The lowest BCUT2D eigenvalue weighted by Gasteiger charge is -2.15. The first kappa shape index (κ1) is 17.1. The second kappa shape index (κ2) is 8.39. The quantitative estimate of drug-likeness (QED) is 0.584. The highest BCUT2D eigenvalue weighted by molar-refractivity contribution is 5.96. The van der Waals surface area contributed by atoms with Crippen LogP contribution in [-0.4, -0.2) is 17.4 Å². The van der Waals surface area contributed by atoms with Gasteiger partial charge in [-0.15, -0.1) is 0 Å². The van der Waals surface area contributed by atoms with Crippen LogP contribution in [0.25, 0.3) is 0 Å². The van der Waals surface area contributed by atoms with Crippen LogP contribution in [0.2, 0.25) is 0 Å². The molecule has 0 aliphatic heterocycles. The Labute approximate surface area is 125 Å². The Balaban J connectivity index is 2.72. The first-order valence-electron chi connectivity index (χ1n) is 7.53. The van der Waals surface area contributed by atoms with Crippen LogP contribution in [0, 0.1) is 23.0 Å². The third kappa shape index (κ3) is 4.85. The topological polar surface area (TPSA) is 72.2 Å². The fourth-order valence-corrected chi connectivity index (χ4v) is 2.34. The van der Waals surface area contributed by atoms with Gasteiger partial charge < -0.3 is 5.32 Å². The number of nitrogens with one attached hydrogen (secondary N) is 1. The van der Waals surface area contributed by atoms with Gasteiger partial charge in [-0.2, -0.15) is 0 Å². The molecule has 0 aromatic heterocycles. The number of amides is 1. The number of nitrogens with zero attached hydrogens (tertiary/aromatic N) is 1. The van der Waals surface area contributed by atoms with E-state index in [4.69, 9.17) is 0 Å². The molecule has 1 N–H and O–H groups in total. The van der Waals surface area contributed by atoms with E-state index in [0.29, 0.717) is 23.6 Å². The van der Waals surface area contributed by atoms with Gasteiger partial charge >= 0.3 is 0 Å². The van der Waals surface area contributed by atoms with Crippen molar-refractivity contribution in [2.75, 3.05) is 6.54 Å². The molecule has 0 saturated heterocycles. The van der Waals surface area contributed by atoms with Crippen molar-refractivity contribution >= 4 is 11.6 Å². The Bertz CT molecular complexity index is 500. The van der Waals surface area contributed by atoms with Crippen molar-refractivity contribution in [3.05, 3.63) is 39.4 Å². The molecular formula is C16H24N2O3. The molecule has 0 fully saturated rings. The summed E-state index contributed by atoms with van der Waals surface area (Å²) in [4.78, 5) is 22.6. The number of hydrogen-bond donors (Lipinski definition) is 1. The maximum absolute atomic E-state index is 12.2. The fourth-order valence-electron chi connectivity index (χ4n) is 2.34. The molecule has 0 radical (unpaired) electrons. The summed E-state index contributed by atoms with van der Waals surface area (Å²) in [6, 6.07) is 4.60. The lowest BCUT2D eigenvalue weighted by Crippen LogP contribution is -2.29. The normalized spacial score (nSPS) is 12.0. The van der Waals surface area contributed by atoms with E-state index in [2.05, 4.69) is 19.2 Å². The van der Waals surface area contributed by atoms with E-state index in [1.807, 2.05) is 0 Å². The first-order valence-corrected chi connectivity index (χ1v) is 7.53. The molecule has 0 unspecified atom stereocenters. The van der Waals surface area contributed by atoms with Crippen LogP contribution in [0.3, 0.4) is 0 Å². The predicted molar refractivity (Wildman–Crippen MR) is 83.5 cm³/mol. The van der Waals surface area contributed by atoms with Gasteiger partial charge in [-0.05, 0) is 25.3 Å². The molecule has 0 saturated carbocycles. The van der Waals surface area contributed by atoms with Crippen LogP contribution in [0.15, 0.2) is 18.2 Å². The van der Waals surface area contributed by atoms with Crippen molar-refractivity contribution in [1.29, 1.82) is 0 Å².